The highest BCUT2D eigenvalue weighted by molar-refractivity contribution is 5.89. The van der Waals surface area contributed by atoms with Gasteiger partial charge in [-0.1, -0.05) is 30.3 Å². The van der Waals surface area contributed by atoms with Gasteiger partial charge in [0.25, 0.3) is 0 Å². The fourth-order valence-electron chi connectivity index (χ4n) is 2.30. The Morgan fingerprint density at radius 3 is 2.53 bits per heavy atom. The van der Waals surface area contributed by atoms with Gasteiger partial charge in [0.2, 0.25) is 5.91 Å². The van der Waals surface area contributed by atoms with Crippen LogP contribution in [0.15, 0.2) is 30.3 Å². The zero-order valence-corrected chi connectivity index (χ0v) is 11.1. The standard InChI is InChI=1S/C15H19NO3/c1-16(14(17)12-10-13(12)15(18)19)9-5-8-11-6-3-2-4-7-11/h2-4,6-7,12-13H,5,8-10H2,1H3,(H,18,19). The molecule has 4 heteroatoms. The fourth-order valence-corrected chi connectivity index (χ4v) is 2.30. The summed E-state index contributed by atoms with van der Waals surface area (Å²) in [6.07, 6.45) is 2.33. The quantitative estimate of drug-likeness (QED) is 0.849. The molecule has 4 nitrogen and oxygen atoms in total. The smallest absolute Gasteiger partial charge is 0.307 e. The van der Waals surface area contributed by atoms with Gasteiger partial charge in [0.15, 0.2) is 0 Å². The van der Waals surface area contributed by atoms with Crippen molar-refractivity contribution >= 4 is 11.9 Å². The number of aryl methyl sites for hydroxylation is 1. The van der Waals surface area contributed by atoms with Crippen LogP contribution in [0.5, 0.6) is 0 Å². The number of aliphatic carboxylic acids is 1. The minimum atomic E-state index is -0.851. The van der Waals surface area contributed by atoms with E-state index in [0.717, 1.165) is 12.8 Å². The Hall–Kier alpha value is -1.84. The Kier molecular flexibility index (Phi) is 4.20. The first-order valence-corrected chi connectivity index (χ1v) is 6.61. The Morgan fingerprint density at radius 2 is 1.95 bits per heavy atom. The topological polar surface area (TPSA) is 57.6 Å². The van der Waals surface area contributed by atoms with Crippen LogP contribution in [-0.4, -0.2) is 35.5 Å². The molecule has 0 radical (unpaired) electrons. The van der Waals surface area contributed by atoms with E-state index in [-0.39, 0.29) is 11.8 Å². The highest BCUT2D eigenvalue weighted by atomic mass is 16.4. The van der Waals surface area contributed by atoms with E-state index < -0.39 is 11.9 Å². The van der Waals surface area contributed by atoms with Crippen LogP contribution < -0.4 is 0 Å². The monoisotopic (exact) mass is 261 g/mol. The van der Waals surface area contributed by atoms with Gasteiger partial charge in [0.1, 0.15) is 0 Å². The third-order valence-corrected chi connectivity index (χ3v) is 3.60. The second-order valence-electron chi connectivity index (χ2n) is 5.14. The minimum Gasteiger partial charge on any atom is -0.481 e. The molecule has 0 bridgehead atoms. The predicted molar refractivity (Wildman–Crippen MR) is 71.6 cm³/mol. The molecular weight excluding hydrogens is 242 g/mol. The first kappa shape index (κ1) is 13.6. The molecule has 1 aromatic rings. The number of carboxylic acids is 1. The van der Waals surface area contributed by atoms with Crippen LogP contribution in [0.25, 0.3) is 0 Å². The number of carbonyl (C=O) groups excluding carboxylic acids is 1. The first-order valence-electron chi connectivity index (χ1n) is 6.61. The van der Waals surface area contributed by atoms with E-state index in [1.165, 1.54) is 5.56 Å². The lowest BCUT2D eigenvalue weighted by atomic mass is 10.1. The van der Waals surface area contributed by atoms with Crippen LogP contribution in [-0.2, 0) is 16.0 Å². The summed E-state index contributed by atoms with van der Waals surface area (Å²) in [6, 6.07) is 10.1. The molecule has 0 spiro atoms. The first-order chi connectivity index (χ1) is 9.09. The van der Waals surface area contributed by atoms with Gasteiger partial charge < -0.3 is 10.0 Å². The lowest BCUT2D eigenvalue weighted by Crippen LogP contribution is -2.30. The molecule has 1 saturated carbocycles. The minimum absolute atomic E-state index is 0.0274. The molecule has 2 unspecified atom stereocenters. The second kappa shape index (κ2) is 5.87. The molecule has 1 N–H and O–H groups in total. The van der Waals surface area contributed by atoms with Gasteiger partial charge in [0.05, 0.1) is 11.8 Å². The average Bonchev–Trinajstić information content (AvgIpc) is 3.19. The van der Waals surface area contributed by atoms with E-state index in [2.05, 4.69) is 12.1 Å². The van der Waals surface area contributed by atoms with Crippen LogP contribution in [0.1, 0.15) is 18.4 Å². The molecule has 2 rings (SSSR count). The zero-order chi connectivity index (χ0) is 13.8. The van der Waals surface area contributed by atoms with Gasteiger partial charge in [-0.3, -0.25) is 9.59 Å². The van der Waals surface area contributed by atoms with Crippen molar-refractivity contribution in [2.24, 2.45) is 11.8 Å². The Labute approximate surface area is 113 Å². The molecule has 1 amide bonds. The molecule has 0 aliphatic heterocycles. The molecule has 0 aromatic heterocycles. The summed E-state index contributed by atoms with van der Waals surface area (Å²) in [5, 5.41) is 8.81. The Balaban J connectivity index is 1.72. The Bertz CT molecular complexity index is 458. The highest BCUT2D eigenvalue weighted by Gasteiger charge is 2.49. The number of rotatable bonds is 6. The van der Waals surface area contributed by atoms with Gasteiger partial charge >= 0.3 is 5.97 Å². The van der Waals surface area contributed by atoms with E-state index in [4.69, 9.17) is 5.11 Å². The van der Waals surface area contributed by atoms with Crippen molar-refractivity contribution < 1.29 is 14.7 Å². The number of carbonyl (C=O) groups is 2. The molecule has 1 aromatic carbocycles. The maximum absolute atomic E-state index is 11.9. The summed E-state index contributed by atoms with van der Waals surface area (Å²) in [7, 11) is 1.75. The largest absolute Gasteiger partial charge is 0.481 e. The van der Waals surface area contributed by atoms with E-state index >= 15 is 0 Å². The summed E-state index contributed by atoms with van der Waals surface area (Å²) >= 11 is 0. The normalized spacial score (nSPS) is 20.9. The summed E-state index contributed by atoms with van der Waals surface area (Å²) < 4.78 is 0. The second-order valence-corrected chi connectivity index (χ2v) is 5.14. The van der Waals surface area contributed by atoms with Crippen LogP contribution >= 0.6 is 0 Å². The van der Waals surface area contributed by atoms with E-state index in [0.29, 0.717) is 13.0 Å². The van der Waals surface area contributed by atoms with Crippen molar-refractivity contribution in [2.45, 2.75) is 19.3 Å². The van der Waals surface area contributed by atoms with Crippen molar-refractivity contribution in [1.29, 1.82) is 0 Å². The maximum Gasteiger partial charge on any atom is 0.307 e. The van der Waals surface area contributed by atoms with E-state index in [1.54, 1.807) is 11.9 Å². The van der Waals surface area contributed by atoms with Gasteiger partial charge in [-0.2, -0.15) is 0 Å². The molecule has 19 heavy (non-hydrogen) atoms. The number of hydrogen-bond donors (Lipinski definition) is 1. The lowest BCUT2D eigenvalue weighted by molar-refractivity contribution is -0.141. The molecule has 0 heterocycles. The van der Waals surface area contributed by atoms with Crippen LogP contribution in [0.2, 0.25) is 0 Å². The summed E-state index contributed by atoms with van der Waals surface area (Å²) in [6.45, 7) is 0.677. The van der Waals surface area contributed by atoms with Gasteiger partial charge in [0, 0.05) is 13.6 Å². The highest BCUT2D eigenvalue weighted by Crippen LogP contribution is 2.39. The molecule has 0 saturated heterocycles. The third-order valence-electron chi connectivity index (χ3n) is 3.60. The fraction of sp³-hybridized carbons (Fsp3) is 0.467. The van der Waals surface area contributed by atoms with Crippen molar-refractivity contribution in [3.8, 4) is 0 Å². The number of amides is 1. The molecule has 2 atom stereocenters. The number of nitrogens with zero attached hydrogens (tertiary/aromatic N) is 1. The number of carboxylic acid groups (broad SMARTS) is 1. The molecule has 1 aliphatic carbocycles. The average molecular weight is 261 g/mol. The Morgan fingerprint density at radius 1 is 1.26 bits per heavy atom. The summed E-state index contributed by atoms with van der Waals surface area (Å²) in [5.74, 6) is -1.63. The van der Waals surface area contributed by atoms with Crippen molar-refractivity contribution in [3.63, 3.8) is 0 Å². The maximum atomic E-state index is 11.9. The van der Waals surface area contributed by atoms with Gasteiger partial charge in [-0.15, -0.1) is 0 Å². The predicted octanol–water partition coefficient (Wildman–Crippen LogP) is 1.80. The molecule has 1 fully saturated rings. The van der Waals surface area contributed by atoms with Crippen molar-refractivity contribution in [2.75, 3.05) is 13.6 Å². The van der Waals surface area contributed by atoms with Crippen molar-refractivity contribution in [1.82, 2.24) is 4.90 Å². The molecule has 102 valence electrons. The van der Waals surface area contributed by atoms with E-state index in [9.17, 15) is 9.59 Å². The van der Waals surface area contributed by atoms with E-state index in [1.807, 2.05) is 18.2 Å². The SMILES string of the molecule is CN(CCCc1ccccc1)C(=O)C1CC1C(=O)O. The van der Waals surface area contributed by atoms with Crippen molar-refractivity contribution in [3.05, 3.63) is 35.9 Å². The summed E-state index contributed by atoms with van der Waals surface area (Å²) in [5.41, 5.74) is 1.26. The number of benzene rings is 1. The lowest BCUT2D eigenvalue weighted by Gasteiger charge is -2.16. The zero-order valence-electron chi connectivity index (χ0n) is 11.1. The third kappa shape index (κ3) is 3.56. The van der Waals surface area contributed by atoms with Crippen LogP contribution in [0.4, 0.5) is 0 Å². The van der Waals surface area contributed by atoms with Crippen LogP contribution in [0, 0.1) is 11.8 Å². The van der Waals surface area contributed by atoms with Crippen LogP contribution in [0.3, 0.4) is 0 Å². The molecular formula is C15H19NO3. The van der Waals surface area contributed by atoms with Gasteiger partial charge in [-0.05, 0) is 24.8 Å². The summed E-state index contributed by atoms with van der Waals surface area (Å²) in [4.78, 5) is 24.3. The van der Waals surface area contributed by atoms with Gasteiger partial charge in [-0.25, -0.2) is 0 Å². The molecule has 1 aliphatic rings. The number of hydrogen-bond acceptors (Lipinski definition) is 2.